The van der Waals surface area contributed by atoms with Crippen molar-refractivity contribution in [1.29, 1.82) is 0 Å². The molecule has 0 saturated heterocycles. The first-order valence-corrected chi connectivity index (χ1v) is 6.40. The lowest BCUT2D eigenvalue weighted by Crippen LogP contribution is -2.28. The van der Waals surface area contributed by atoms with E-state index in [1.807, 2.05) is 0 Å². The number of carboxylic acid groups (broad SMARTS) is 1. The van der Waals surface area contributed by atoms with Crippen LogP contribution in [0.2, 0.25) is 0 Å². The van der Waals surface area contributed by atoms with Crippen LogP contribution in [0.15, 0.2) is 29.6 Å². The van der Waals surface area contributed by atoms with E-state index in [-0.39, 0.29) is 23.2 Å². The zero-order chi connectivity index (χ0) is 14.5. The van der Waals surface area contributed by atoms with Gasteiger partial charge in [0.1, 0.15) is 5.82 Å². The second kappa shape index (κ2) is 6.11. The number of benzene rings is 1. The van der Waals surface area contributed by atoms with Crippen LogP contribution in [-0.2, 0) is 6.54 Å². The van der Waals surface area contributed by atoms with E-state index in [0.717, 1.165) is 11.3 Å². The Morgan fingerprint density at radius 3 is 2.85 bits per heavy atom. The van der Waals surface area contributed by atoms with Gasteiger partial charge in [0.25, 0.3) is 0 Å². The van der Waals surface area contributed by atoms with E-state index in [2.05, 4.69) is 15.6 Å². The molecule has 0 bridgehead atoms. The van der Waals surface area contributed by atoms with Crippen molar-refractivity contribution in [3.05, 3.63) is 46.7 Å². The fourth-order valence-electron chi connectivity index (χ4n) is 1.40. The fraction of sp³-hybridized carbons (Fsp3) is 0.0833. The number of nitrogens with one attached hydrogen (secondary N) is 2. The molecule has 3 N–H and O–H groups in total. The highest BCUT2D eigenvalue weighted by molar-refractivity contribution is 7.14. The zero-order valence-electron chi connectivity index (χ0n) is 10.1. The summed E-state index contributed by atoms with van der Waals surface area (Å²) in [5, 5.41) is 15.1. The Bertz CT molecular complexity index is 644. The summed E-state index contributed by atoms with van der Waals surface area (Å²) in [5.74, 6) is -1.54. The number of carboxylic acids is 1. The minimum atomic E-state index is -1.16. The van der Waals surface area contributed by atoms with Crippen LogP contribution in [-0.4, -0.2) is 22.1 Å². The van der Waals surface area contributed by atoms with Gasteiger partial charge in [-0.05, 0) is 17.7 Å². The second-order valence-corrected chi connectivity index (χ2v) is 4.64. The third-order valence-corrected chi connectivity index (χ3v) is 3.04. The lowest BCUT2D eigenvalue weighted by Gasteiger charge is -2.05. The number of anilines is 1. The summed E-state index contributed by atoms with van der Waals surface area (Å²) in [7, 11) is 0. The van der Waals surface area contributed by atoms with E-state index >= 15 is 0 Å². The Morgan fingerprint density at radius 2 is 2.20 bits per heavy atom. The Kier molecular flexibility index (Phi) is 4.26. The first-order chi connectivity index (χ1) is 9.54. The van der Waals surface area contributed by atoms with Crippen molar-refractivity contribution < 1.29 is 19.1 Å². The Hall–Kier alpha value is -2.48. The number of hydrogen-bond donors (Lipinski definition) is 3. The summed E-state index contributed by atoms with van der Waals surface area (Å²) in [6.45, 7) is 0.154. The number of nitrogens with zero attached hydrogens (tertiary/aromatic N) is 1. The fourth-order valence-corrected chi connectivity index (χ4v) is 2.08. The predicted octanol–water partition coefficient (Wildman–Crippen LogP) is 2.30. The van der Waals surface area contributed by atoms with Crippen molar-refractivity contribution in [2.24, 2.45) is 0 Å². The number of amides is 2. The van der Waals surface area contributed by atoms with Gasteiger partial charge in [-0.15, -0.1) is 11.3 Å². The standard InChI is InChI=1S/C12H10FN3O3S/c13-8-3-1-2-7(4-8)5-14-11(19)16-12-15-9(6-20-12)10(17)18/h1-4,6H,5H2,(H,17,18)(H2,14,15,16,19). The third-order valence-electron chi connectivity index (χ3n) is 2.29. The average molecular weight is 295 g/mol. The van der Waals surface area contributed by atoms with E-state index in [1.165, 1.54) is 17.5 Å². The van der Waals surface area contributed by atoms with Gasteiger partial charge in [0.15, 0.2) is 10.8 Å². The molecule has 0 unspecified atom stereocenters. The van der Waals surface area contributed by atoms with Crippen molar-refractivity contribution in [2.45, 2.75) is 6.54 Å². The molecule has 1 aromatic heterocycles. The van der Waals surface area contributed by atoms with Gasteiger partial charge in [-0.3, -0.25) is 5.32 Å². The number of hydrogen-bond acceptors (Lipinski definition) is 4. The first-order valence-electron chi connectivity index (χ1n) is 5.53. The summed E-state index contributed by atoms with van der Waals surface area (Å²) in [6.07, 6.45) is 0. The molecule has 0 radical (unpaired) electrons. The number of rotatable bonds is 4. The highest BCUT2D eigenvalue weighted by Crippen LogP contribution is 2.15. The monoisotopic (exact) mass is 295 g/mol. The lowest BCUT2D eigenvalue weighted by atomic mass is 10.2. The normalized spacial score (nSPS) is 10.1. The van der Waals surface area contributed by atoms with Gasteiger partial charge < -0.3 is 10.4 Å². The molecule has 0 spiro atoms. The summed E-state index contributed by atoms with van der Waals surface area (Å²) in [6, 6.07) is 5.30. The number of thiazole rings is 1. The Morgan fingerprint density at radius 1 is 1.40 bits per heavy atom. The molecule has 20 heavy (non-hydrogen) atoms. The van der Waals surface area contributed by atoms with Crippen LogP contribution >= 0.6 is 11.3 Å². The molecule has 2 rings (SSSR count). The zero-order valence-corrected chi connectivity index (χ0v) is 10.9. The number of urea groups is 1. The SMILES string of the molecule is O=C(NCc1cccc(F)c1)Nc1nc(C(=O)O)cs1. The van der Waals surface area contributed by atoms with E-state index in [0.29, 0.717) is 5.56 Å². The van der Waals surface area contributed by atoms with Crippen molar-refractivity contribution in [3.63, 3.8) is 0 Å². The highest BCUT2D eigenvalue weighted by Gasteiger charge is 2.10. The summed E-state index contributed by atoms with van der Waals surface area (Å²) < 4.78 is 12.9. The minimum Gasteiger partial charge on any atom is -0.476 e. The van der Waals surface area contributed by atoms with Crippen LogP contribution in [0.25, 0.3) is 0 Å². The molecule has 0 aliphatic rings. The van der Waals surface area contributed by atoms with E-state index in [4.69, 9.17) is 5.11 Å². The molecule has 6 nitrogen and oxygen atoms in total. The van der Waals surface area contributed by atoms with Crippen molar-refractivity contribution >= 4 is 28.5 Å². The molecule has 104 valence electrons. The quantitative estimate of drug-likeness (QED) is 0.807. The first kappa shape index (κ1) is 13.9. The molecule has 0 aliphatic carbocycles. The number of carbonyl (C=O) groups excluding carboxylic acids is 1. The second-order valence-electron chi connectivity index (χ2n) is 3.78. The predicted molar refractivity (Wildman–Crippen MR) is 71.3 cm³/mol. The molecule has 0 saturated carbocycles. The molecule has 2 amide bonds. The van der Waals surface area contributed by atoms with Crippen LogP contribution in [0.3, 0.4) is 0 Å². The largest absolute Gasteiger partial charge is 0.476 e. The highest BCUT2D eigenvalue weighted by atomic mass is 32.1. The average Bonchev–Trinajstić information content (AvgIpc) is 2.85. The van der Waals surface area contributed by atoms with Gasteiger partial charge in [-0.25, -0.2) is 19.0 Å². The third kappa shape index (κ3) is 3.75. The maximum atomic E-state index is 12.9. The van der Waals surface area contributed by atoms with E-state index < -0.39 is 12.0 Å². The molecule has 2 aromatic rings. The van der Waals surface area contributed by atoms with Crippen molar-refractivity contribution in [2.75, 3.05) is 5.32 Å². The van der Waals surface area contributed by atoms with Gasteiger partial charge >= 0.3 is 12.0 Å². The molecule has 0 atom stereocenters. The van der Waals surface area contributed by atoms with Crippen LogP contribution in [0, 0.1) is 5.82 Å². The van der Waals surface area contributed by atoms with E-state index in [1.54, 1.807) is 12.1 Å². The summed E-state index contributed by atoms with van der Waals surface area (Å²) in [5.41, 5.74) is 0.487. The van der Waals surface area contributed by atoms with Crippen molar-refractivity contribution in [1.82, 2.24) is 10.3 Å². The Labute approximate surface area is 117 Å². The molecule has 8 heteroatoms. The summed E-state index contributed by atoms with van der Waals surface area (Å²) >= 11 is 1.01. The van der Waals surface area contributed by atoms with Gasteiger partial charge in [-0.1, -0.05) is 12.1 Å². The molecule has 0 aliphatic heterocycles. The maximum Gasteiger partial charge on any atom is 0.355 e. The van der Waals surface area contributed by atoms with Crippen LogP contribution < -0.4 is 10.6 Å². The van der Waals surface area contributed by atoms with Crippen LogP contribution in [0.1, 0.15) is 16.1 Å². The number of carbonyl (C=O) groups is 2. The van der Waals surface area contributed by atoms with Crippen molar-refractivity contribution in [3.8, 4) is 0 Å². The molecular weight excluding hydrogens is 285 g/mol. The number of aromatic nitrogens is 1. The van der Waals surface area contributed by atoms with Gasteiger partial charge in [-0.2, -0.15) is 0 Å². The van der Waals surface area contributed by atoms with Gasteiger partial charge in [0, 0.05) is 11.9 Å². The van der Waals surface area contributed by atoms with Crippen LogP contribution in [0.4, 0.5) is 14.3 Å². The smallest absolute Gasteiger partial charge is 0.355 e. The number of aromatic carboxylic acids is 1. The number of halogens is 1. The summed E-state index contributed by atoms with van der Waals surface area (Å²) in [4.78, 5) is 25.9. The molecular formula is C12H10FN3O3S. The Balaban J connectivity index is 1.87. The molecule has 0 fully saturated rings. The topological polar surface area (TPSA) is 91.3 Å². The molecule has 1 heterocycles. The molecule has 1 aromatic carbocycles. The van der Waals surface area contributed by atoms with E-state index in [9.17, 15) is 14.0 Å². The van der Waals surface area contributed by atoms with Crippen LogP contribution in [0.5, 0.6) is 0 Å². The minimum absolute atomic E-state index is 0.129. The van der Waals surface area contributed by atoms with Gasteiger partial charge in [0.2, 0.25) is 0 Å². The van der Waals surface area contributed by atoms with Gasteiger partial charge in [0.05, 0.1) is 0 Å². The maximum absolute atomic E-state index is 12.9. The lowest BCUT2D eigenvalue weighted by molar-refractivity contribution is 0.0691.